The SMILES string of the molecule is O=C(C1CCCN(C(=O)C2CCC2)C1)N1CCc2oc(-c3ccccc3)nc2C1. The quantitative estimate of drug-likeness (QED) is 0.803. The maximum absolute atomic E-state index is 13.2. The van der Waals surface area contributed by atoms with Gasteiger partial charge in [0, 0.05) is 37.5 Å². The summed E-state index contributed by atoms with van der Waals surface area (Å²) in [6.07, 6.45) is 5.65. The van der Waals surface area contributed by atoms with Crippen LogP contribution in [0.15, 0.2) is 34.7 Å². The van der Waals surface area contributed by atoms with Crippen molar-refractivity contribution in [2.75, 3.05) is 19.6 Å². The molecule has 0 spiro atoms. The third kappa shape index (κ3) is 3.56. The summed E-state index contributed by atoms with van der Waals surface area (Å²) in [5.41, 5.74) is 1.82. The van der Waals surface area contributed by atoms with E-state index >= 15 is 0 Å². The Balaban J connectivity index is 1.25. The molecule has 1 saturated heterocycles. The van der Waals surface area contributed by atoms with Gasteiger partial charge in [0.05, 0.1) is 12.5 Å². The predicted octanol–water partition coefficient (Wildman–Crippen LogP) is 3.27. The maximum Gasteiger partial charge on any atom is 0.227 e. The number of piperidine rings is 1. The van der Waals surface area contributed by atoms with E-state index in [-0.39, 0.29) is 23.7 Å². The summed E-state index contributed by atoms with van der Waals surface area (Å²) in [5, 5.41) is 0. The number of carbonyl (C=O) groups excluding carboxylic acids is 2. The second kappa shape index (κ2) is 7.65. The lowest BCUT2D eigenvalue weighted by Crippen LogP contribution is -2.49. The highest BCUT2D eigenvalue weighted by Crippen LogP contribution is 2.31. The van der Waals surface area contributed by atoms with Crippen LogP contribution >= 0.6 is 0 Å². The van der Waals surface area contributed by atoms with Gasteiger partial charge in [0.25, 0.3) is 0 Å². The maximum atomic E-state index is 13.2. The van der Waals surface area contributed by atoms with E-state index in [9.17, 15) is 9.59 Å². The molecule has 0 bridgehead atoms. The standard InChI is InChI=1S/C23H27N3O3/c27-22(17-8-4-9-17)25-12-5-10-18(14-25)23(28)26-13-11-20-19(15-26)24-21(29-20)16-6-2-1-3-7-16/h1-3,6-7,17-18H,4-5,8-15H2. The minimum Gasteiger partial charge on any atom is -0.441 e. The molecular formula is C23H27N3O3. The normalized spacial score (nSPS) is 22.1. The van der Waals surface area contributed by atoms with Crippen LogP contribution in [0.3, 0.4) is 0 Å². The molecule has 6 nitrogen and oxygen atoms in total. The Bertz CT molecular complexity index is 903. The van der Waals surface area contributed by atoms with Crippen LogP contribution in [0, 0.1) is 11.8 Å². The first kappa shape index (κ1) is 18.4. The third-order valence-corrected chi connectivity index (χ3v) is 6.60. The van der Waals surface area contributed by atoms with Crippen molar-refractivity contribution in [2.45, 2.75) is 45.1 Å². The van der Waals surface area contributed by atoms with Crippen molar-refractivity contribution >= 4 is 11.8 Å². The largest absolute Gasteiger partial charge is 0.441 e. The van der Waals surface area contributed by atoms with Gasteiger partial charge in [-0.3, -0.25) is 9.59 Å². The molecule has 1 unspecified atom stereocenters. The summed E-state index contributed by atoms with van der Waals surface area (Å²) in [5.74, 6) is 2.05. The average Bonchev–Trinajstić information content (AvgIpc) is 3.16. The van der Waals surface area contributed by atoms with E-state index in [4.69, 9.17) is 4.42 Å². The summed E-state index contributed by atoms with van der Waals surface area (Å²) < 4.78 is 5.96. The molecule has 6 heteroatoms. The van der Waals surface area contributed by atoms with Crippen LogP contribution in [0.2, 0.25) is 0 Å². The first-order valence-electron chi connectivity index (χ1n) is 10.8. The van der Waals surface area contributed by atoms with Crippen LogP contribution in [0.1, 0.15) is 43.6 Å². The molecule has 1 aromatic carbocycles. The molecule has 3 heterocycles. The van der Waals surface area contributed by atoms with Crippen LogP contribution < -0.4 is 0 Å². The fourth-order valence-corrected chi connectivity index (χ4v) is 4.64. The van der Waals surface area contributed by atoms with E-state index in [0.29, 0.717) is 31.9 Å². The number of hydrogen-bond acceptors (Lipinski definition) is 4. The third-order valence-electron chi connectivity index (χ3n) is 6.60. The number of hydrogen-bond donors (Lipinski definition) is 0. The Morgan fingerprint density at radius 3 is 2.45 bits per heavy atom. The summed E-state index contributed by atoms with van der Waals surface area (Å²) in [7, 11) is 0. The molecule has 0 N–H and O–H groups in total. The number of fused-ring (bicyclic) bond motifs is 1. The number of benzene rings is 1. The Morgan fingerprint density at radius 1 is 0.931 bits per heavy atom. The smallest absolute Gasteiger partial charge is 0.227 e. The first-order valence-corrected chi connectivity index (χ1v) is 10.8. The van der Waals surface area contributed by atoms with Gasteiger partial charge in [-0.2, -0.15) is 0 Å². The fraction of sp³-hybridized carbons (Fsp3) is 0.522. The molecular weight excluding hydrogens is 366 g/mol. The lowest BCUT2D eigenvalue weighted by Gasteiger charge is -2.38. The topological polar surface area (TPSA) is 66.7 Å². The fourth-order valence-electron chi connectivity index (χ4n) is 4.64. The lowest BCUT2D eigenvalue weighted by atomic mass is 9.83. The number of nitrogens with zero attached hydrogens (tertiary/aromatic N) is 3. The van der Waals surface area contributed by atoms with Crippen molar-refractivity contribution in [1.82, 2.24) is 14.8 Å². The molecule has 152 valence electrons. The van der Waals surface area contributed by atoms with E-state index in [0.717, 1.165) is 55.7 Å². The average molecular weight is 393 g/mol. The Kier molecular flexibility index (Phi) is 4.86. The molecule has 2 aliphatic heterocycles. The van der Waals surface area contributed by atoms with Gasteiger partial charge < -0.3 is 14.2 Å². The molecule has 2 fully saturated rings. The summed E-state index contributed by atoms with van der Waals surface area (Å²) in [6.45, 7) is 2.53. The highest BCUT2D eigenvalue weighted by molar-refractivity contribution is 5.83. The van der Waals surface area contributed by atoms with Crippen LogP contribution in [0.25, 0.3) is 11.5 Å². The predicted molar refractivity (Wildman–Crippen MR) is 108 cm³/mol. The van der Waals surface area contributed by atoms with E-state index in [1.54, 1.807) is 0 Å². The van der Waals surface area contributed by atoms with Gasteiger partial charge in [-0.1, -0.05) is 24.6 Å². The molecule has 2 amide bonds. The van der Waals surface area contributed by atoms with Crippen LogP contribution in [0.5, 0.6) is 0 Å². The second-order valence-electron chi connectivity index (χ2n) is 8.52. The highest BCUT2D eigenvalue weighted by Gasteiger charge is 2.36. The molecule has 1 aromatic heterocycles. The Labute approximate surface area is 170 Å². The van der Waals surface area contributed by atoms with Gasteiger partial charge in [-0.25, -0.2) is 4.98 Å². The molecule has 2 aromatic rings. The number of oxazole rings is 1. The van der Waals surface area contributed by atoms with Gasteiger partial charge in [-0.05, 0) is 37.8 Å². The van der Waals surface area contributed by atoms with Gasteiger partial charge >= 0.3 is 0 Å². The van der Waals surface area contributed by atoms with E-state index in [1.165, 1.54) is 0 Å². The lowest BCUT2D eigenvalue weighted by molar-refractivity contribution is -0.144. The minimum atomic E-state index is -0.0881. The van der Waals surface area contributed by atoms with E-state index in [2.05, 4.69) is 4.98 Å². The summed E-state index contributed by atoms with van der Waals surface area (Å²) in [4.78, 5) is 34.3. The summed E-state index contributed by atoms with van der Waals surface area (Å²) in [6, 6.07) is 9.87. The molecule has 29 heavy (non-hydrogen) atoms. The van der Waals surface area contributed by atoms with E-state index < -0.39 is 0 Å². The first-order chi connectivity index (χ1) is 14.2. The zero-order valence-electron chi connectivity index (χ0n) is 16.7. The van der Waals surface area contributed by atoms with Crippen molar-refractivity contribution < 1.29 is 14.0 Å². The highest BCUT2D eigenvalue weighted by atomic mass is 16.4. The van der Waals surface area contributed by atoms with Gasteiger partial charge in [0.2, 0.25) is 17.7 Å². The van der Waals surface area contributed by atoms with Crippen molar-refractivity contribution in [3.8, 4) is 11.5 Å². The van der Waals surface area contributed by atoms with Gasteiger partial charge in [0.15, 0.2) is 0 Å². The number of amides is 2. The van der Waals surface area contributed by atoms with Crippen molar-refractivity contribution in [3.05, 3.63) is 41.8 Å². The molecule has 1 saturated carbocycles. The monoisotopic (exact) mass is 393 g/mol. The van der Waals surface area contributed by atoms with Crippen LogP contribution in [-0.4, -0.2) is 46.2 Å². The number of carbonyl (C=O) groups is 2. The van der Waals surface area contributed by atoms with E-state index in [1.807, 2.05) is 40.1 Å². The molecule has 0 radical (unpaired) electrons. The second-order valence-corrected chi connectivity index (χ2v) is 8.52. The molecule has 3 aliphatic rings. The van der Waals surface area contributed by atoms with Gasteiger partial charge in [0.1, 0.15) is 11.5 Å². The Morgan fingerprint density at radius 2 is 1.69 bits per heavy atom. The molecule has 1 atom stereocenters. The number of rotatable bonds is 3. The Hall–Kier alpha value is -2.63. The van der Waals surface area contributed by atoms with Crippen LogP contribution in [0.4, 0.5) is 0 Å². The van der Waals surface area contributed by atoms with Crippen LogP contribution in [-0.2, 0) is 22.6 Å². The number of aromatic nitrogens is 1. The van der Waals surface area contributed by atoms with Crippen molar-refractivity contribution in [2.24, 2.45) is 11.8 Å². The molecule has 1 aliphatic carbocycles. The van der Waals surface area contributed by atoms with Crippen molar-refractivity contribution in [1.29, 1.82) is 0 Å². The summed E-state index contributed by atoms with van der Waals surface area (Å²) >= 11 is 0. The molecule has 5 rings (SSSR count). The zero-order chi connectivity index (χ0) is 19.8. The minimum absolute atomic E-state index is 0.0881. The number of likely N-dealkylation sites (tertiary alicyclic amines) is 1. The van der Waals surface area contributed by atoms with Gasteiger partial charge in [-0.15, -0.1) is 0 Å². The van der Waals surface area contributed by atoms with Crippen molar-refractivity contribution in [3.63, 3.8) is 0 Å². The zero-order valence-corrected chi connectivity index (χ0v) is 16.7.